The second-order valence-electron chi connectivity index (χ2n) is 6.99. The maximum Gasteiger partial charge on any atom is 0.348 e. The Bertz CT molecular complexity index is 1330. The predicted octanol–water partition coefficient (Wildman–Crippen LogP) is 4.86. The Morgan fingerprint density at radius 3 is 2.60 bits per heavy atom. The molecular formula is C23H20N4O6S2. The van der Waals surface area contributed by atoms with Crippen molar-refractivity contribution in [2.24, 2.45) is 0 Å². The number of hydrogen-bond acceptors (Lipinski definition) is 10. The van der Waals surface area contributed by atoms with Crippen molar-refractivity contribution in [2.75, 3.05) is 23.0 Å². The van der Waals surface area contributed by atoms with E-state index < -0.39 is 17.8 Å². The van der Waals surface area contributed by atoms with E-state index in [1.54, 1.807) is 50.2 Å². The standard InChI is InChI=1S/C23H20N4O6S2/c1-3-31-22(30)18-13(2)17(19(29)24-14-8-5-4-6-9-14)21(35-18)25-16(28)12-34-23-27-26-20(33-23)15-10-7-11-32-15/h4-11H,3,12H2,1-2H3,(H,24,29)(H,25,28). The van der Waals surface area contributed by atoms with Gasteiger partial charge in [0, 0.05) is 5.69 Å². The second-order valence-corrected chi connectivity index (χ2v) is 8.94. The molecule has 0 aliphatic heterocycles. The molecule has 35 heavy (non-hydrogen) atoms. The number of rotatable bonds is 9. The number of carbonyl (C=O) groups is 3. The lowest BCUT2D eigenvalue weighted by Gasteiger charge is -2.08. The Labute approximate surface area is 208 Å². The number of benzene rings is 1. The first kappa shape index (κ1) is 24.2. The number of amides is 2. The van der Waals surface area contributed by atoms with E-state index in [4.69, 9.17) is 13.6 Å². The van der Waals surface area contributed by atoms with E-state index >= 15 is 0 Å². The quantitative estimate of drug-likeness (QED) is 0.238. The highest BCUT2D eigenvalue weighted by atomic mass is 32.2. The summed E-state index contributed by atoms with van der Waals surface area (Å²) in [6.07, 6.45) is 1.49. The van der Waals surface area contributed by atoms with E-state index in [1.807, 2.05) is 6.07 Å². The molecule has 12 heteroatoms. The minimum atomic E-state index is -0.560. The van der Waals surface area contributed by atoms with Crippen molar-refractivity contribution >= 4 is 51.6 Å². The van der Waals surface area contributed by atoms with Crippen LogP contribution in [0.25, 0.3) is 11.7 Å². The highest BCUT2D eigenvalue weighted by Crippen LogP contribution is 2.34. The number of nitrogens with zero attached hydrogens (tertiary/aromatic N) is 2. The number of anilines is 2. The number of para-hydroxylation sites is 1. The van der Waals surface area contributed by atoms with Gasteiger partial charge in [0.05, 0.1) is 24.2 Å². The van der Waals surface area contributed by atoms with Crippen LogP contribution in [0.4, 0.5) is 10.7 Å². The molecular weight excluding hydrogens is 492 g/mol. The third kappa shape index (κ3) is 5.78. The summed E-state index contributed by atoms with van der Waals surface area (Å²) in [7, 11) is 0. The molecule has 4 rings (SSSR count). The van der Waals surface area contributed by atoms with Crippen molar-refractivity contribution in [3.63, 3.8) is 0 Å². The number of thioether (sulfide) groups is 1. The van der Waals surface area contributed by atoms with Crippen molar-refractivity contribution in [1.82, 2.24) is 10.2 Å². The monoisotopic (exact) mass is 512 g/mol. The van der Waals surface area contributed by atoms with E-state index in [1.165, 1.54) is 6.26 Å². The number of furan rings is 1. The fourth-order valence-electron chi connectivity index (χ4n) is 3.04. The molecule has 0 atom stereocenters. The zero-order valence-corrected chi connectivity index (χ0v) is 20.3. The van der Waals surface area contributed by atoms with E-state index in [0.29, 0.717) is 17.0 Å². The van der Waals surface area contributed by atoms with Gasteiger partial charge in [-0.25, -0.2) is 4.79 Å². The molecule has 180 valence electrons. The summed E-state index contributed by atoms with van der Waals surface area (Å²) in [5.74, 6) is -0.878. The molecule has 0 saturated carbocycles. The maximum atomic E-state index is 13.1. The zero-order chi connectivity index (χ0) is 24.8. The van der Waals surface area contributed by atoms with E-state index in [9.17, 15) is 14.4 Å². The first-order chi connectivity index (χ1) is 17.0. The second kappa shape index (κ2) is 11.0. The van der Waals surface area contributed by atoms with Gasteiger partial charge in [0.25, 0.3) is 17.0 Å². The highest BCUT2D eigenvalue weighted by molar-refractivity contribution is 7.99. The van der Waals surface area contributed by atoms with Crippen molar-refractivity contribution in [3.8, 4) is 11.7 Å². The lowest BCUT2D eigenvalue weighted by Crippen LogP contribution is -2.18. The van der Waals surface area contributed by atoms with Gasteiger partial charge in [0.1, 0.15) is 9.88 Å². The van der Waals surface area contributed by atoms with Gasteiger partial charge in [-0.05, 0) is 43.7 Å². The van der Waals surface area contributed by atoms with Crippen LogP contribution in [-0.4, -0.2) is 40.3 Å². The fourth-order valence-corrected chi connectivity index (χ4v) is 4.72. The fraction of sp³-hybridized carbons (Fsp3) is 0.174. The number of aromatic nitrogens is 2. The van der Waals surface area contributed by atoms with Crippen LogP contribution >= 0.6 is 23.1 Å². The van der Waals surface area contributed by atoms with Gasteiger partial charge in [-0.2, -0.15) is 0 Å². The largest absolute Gasteiger partial charge is 0.462 e. The van der Waals surface area contributed by atoms with Gasteiger partial charge in [-0.15, -0.1) is 21.5 Å². The zero-order valence-electron chi connectivity index (χ0n) is 18.7. The Morgan fingerprint density at radius 2 is 1.89 bits per heavy atom. The van der Waals surface area contributed by atoms with Crippen LogP contribution in [0.5, 0.6) is 0 Å². The molecule has 0 saturated heterocycles. The first-order valence-corrected chi connectivity index (χ1v) is 12.2. The van der Waals surface area contributed by atoms with E-state index in [-0.39, 0.29) is 38.9 Å². The molecule has 0 bridgehead atoms. The summed E-state index contributed by atoms with van der Waals surface area (Å²) >= 11 is 2.01. The Kier molecular flexibility index (Phi) is 7.63. The number of thiophene rings is 1. The van der Waals surface area contributed by atoms with Gasteiger partial charge in [-0.3, -0.25) is 9.59 Å². The Hall–Kier alpha value is -3.90. The minimum Gasteiger partial charge on any atom is -0.462 e. The molecule has 4 aromatic rings. The predicted molar refractivity (Wildman–Crippen MR) is 131 cm³/mol. The molecule has 2 amide bonds. The van der Waals surface area contributed by atoms with Crippen molar-refractivity contribution in [3.05, 3.63) is 64.7 Å². The molecule has 0 radical (unpaired) electrons. The SMILES string of the molecule is CCOC(=O)c1sc(NC(=O)CSc2nnc(-c3ccco3)o2)c(C(=O)Nc2ccccc2)c1C. The molecule has 3 aromatic heterocycles. The number of esters is 1. The maximum absolute atomic E-state index is 13.1. The minimum absolute atomic E-state index is 0.0643. The van der Waals surface area contributed by atoms with Gasteiger partial charge < -0.3 is 24.2 Å². The van der Waals surface area contributed by atoms with Crippen LogP contribution in [0, 0.1) is 6.92 Å². The average molecular weight is 513 g/mol. The van der Waals surface area contributed by atoms with Crippen LogP contribution in [0.2, 0.25) is 0 Å². The molecule has 1 aromatic carbocycles. The van der Waals surface area contributed by atoms with Crippen molar-refractivity contribution < 1.29 is 28.0 Å². The van der Waals surface area contributed by atoms with E-state index in [0.717, 1.165) is 23.1 Å². The average Bonchev–Trinajstić information content (AvgIpc) is 3.59. The van der Waals surface area contributed by atoms with Crippen LogP contribution in [-0.2, 0) is 9.53 Å². The number of nitrogens with one attached hydrogen (secondary N) is 2. The van der Waals surface area contributed by atoms with Gasteiger partial charge in [-0.1, -0.05) is 30.0 Å². The molecule has 0 aliphatic rings. The first-order valence-electron chi connectivity index (χ1n) is 10.4. The summed E-state index contributed by atoms with van der Waals surface area (Å²) in [5.41, 5.74) is 1.19. The summed E-state index contributed by atoms with van der Waals surface area (Å²) in [6, 6.07) is 12.2. The lowest BCUT2D eigenvalue weighted by atomic mass is 10.1. The van der Waals surface area contributed by atoms with Crippen LogP contribution in [0.1, 0.15) is 32.5 Å². The summed E-state index contributed by atoms with van der Waals surface area (Å²) in [5, 5.41) is 13.7. The molecule has 0 unspecified atom stereocenters. The molecule has 0 aliphatic carbocycles. The topological polar surface area (TPSA) is 137 Å². The van der Waals surface area contributed by atoms with Crippen LogP contribution in [0.3, 0.4) is 0 Å². The summed E-state index contributed by atoms with van der Waals surface area (Å²) < 4.78 is 15.8. The molecule has 2 N–H and O–H groups in total. The molecule has 0 spiro atoms. The third-order valence-corrected chi connectivity index (χ3v) is 6.59. The number of carbonyl (C=O) groups excluding carboxylic acids is 3. The molecule has 0 fully saturated rings. The normalized spacial score (nSPS) is 10.7. The Balaban J connectivity index is 1.50. The van der Waals surface area contributed by atoms with Gasteiger partial charge >= 0.3 is 5.97 Å². The lowest BCUT2D eigenvalue weighted by molar-refractivity contribution is -0.113. The van der Waals surface area contributed by atoms with Gasteiger partial charge in [0.15, 0.2) is 5.76 Å². The Morgan fingerprint density at radius 1 is 1.09 bits per heavy atom. The summed E-state index contributed by atoms with van der Waals surface area (Å²) in [4.78, 5) is 38.4. The number of hydrogen-bond donors (Lipinski definition) is 2. The highest BCUT2D eigenvalue weighted by Gasteiger charge is 2.27. The number of ether oxygens (including phenoxy) is 1. The van der Waals surface area contributed by atoms with Crippen molar-refractivity contribution in [1.29, 1.82) is 0 Å². The third-order valence-electron chi connectivity index (χ3n) is 4.58. The van der Waals surface area contributed by atoms with Gasteiger partial charge in [0.2, 0.25) is 5.91 Å². The molecule has 10 nitrogen and oxygen atoms in total. The van der Waals surface area contributed by atoms with Crippen molar-refractivity contribution in [2.45, 2.75) is 19.1 Å². The van der Waals surface area contributed by atoms with Crippen LogP contribution in [0.15, 0.2) is 62.8 Å². The van der Waals surface area contributed by atoms with Crippen LogP contribution < -0.4 is 10.6 Å². The smallest absolute Gasteiger partial charge is 0.348 e. The molecule has 3 heterocycles. The van der Waals surface area contributed by atoms with E-state index in [2.05, 4.69) is 20.8 Å². The summed E-state index contributed by atoms with van der Waals surface area (Å²) in [6.45, 7) is 3.52.